The topological polar surface area (TPSA) is 38.5 Å². The van der Waals surface area contributed by atoms with Crippen molar-refractivity contribution in [2.45, 2.75) is 29.9 Å². The average Bonchev–Trinajstić information content (AvgIpc) is 2.69. The van der Waals surface area contributed by atoms with Crippen molar-refractivity contribution in [2.75, 3.05) is 26.7 Å². The highest BCUT2D eigenvalue weighted by atomic mass is 32.2. The zero-order chi connectivity index (χ0) is 17.5. The van der Waals surface area contributed by atoms with Crippen LogP contribution in [0.2, 0.25) is 0 Å². The smallest absolute Gasteiger partial charge is 0.118 e. The number of hydrogen-bond acceptors (Lipinski definition) is 4. The van der Waals surface area contributed by atoms with E-state index in [9.17, 15) is 0 Å². The normalized spacial score (nSPS) is 17.4. The Morgan fingerprint density at radius 3 is 2.28 bits per heavy atom. The molecule has 0 aliphatic carbocycles. The number of nitrogens with zero attached hydrogens (tertiary/aromatic N) is 1. The van der Waals surface area contributed by atoms with Crippen LogP contribution in [0.4, 0.5) is 0 Å². The Bertz CT molecular complexity index is 637. The first kappa shape index (κ1) is 18.3. The van der Waals surface area contributed by atoms with Gasteiger partial charge in [0, 0.05) is 23.6 Å². The van der Waals surface area contributed by atoms with Crippen LogP contribution in [-0.4, -0.2) is 36.4 Å². The van der Waals surface area contributed by atoms with E-state index in [0.717, 1.165) is 50.5 Å². The number of methoxy groups -OCH3 is 1. The molecule has 0 aromatic heterocycles. The summed E-state index contributed by atoms with van der Waals surface area (Å²) in [5.41, 5.74) is 8.92. The third-order valence-corrected chi connectivity index (χ3v) is 6.76. The van der Waals surface area contributed by atoms with Crippen molar-refractivity contribution in [1.29, 1.82) is 0 Å². The SMILES string of the molecule is COc1ccc(CSC2(CN)CCN(Cc3ccccc3)CC2)cc1. The van der Waals surface area contributed by atoms with Crippen LogP contribution in [0.1, 0.15) is 24.0 Å². The van der Waals surface area contributed by atoms with Crippen LogP contribution in [0.5, 0.6) is 5.75 Å². The second kappa shape index (κ2) is 8.75. The maximum atomic E-state index is 6.19. The number of thioether (sulfide) groups is 1. The van der Waals surface area contributed by atoms with Crippen LogP contribution < -0.4 is 10.5 Å². The van der Waals surface area contributed by atoms with Gasteiger partial charge in [-0.3, -0.25) is 4.90 Å². The Kier molecular flexibility index (Phi) is 6.40. The van der Waals surface area contributed by atoms with E-state index in [2.05, 4.69) is 47.4 Å². The number of nitrogens with two attached hydrogens (primary N) is 1. The first-order valence-electron chi connectivity index (χ1n) is 8.96. The van der Waals surface area contributed by atoms with Crippen molar-refractivity contribution in [3.05, 3.63) is 65.7 Å². The number of benzene rings is 2. The summed E-state index contributed by atoms with van der Waals surface area (Å²) in [6.45, 7) is 4.06. The zero-order valence-electron chi connectivity index (χ0n) is 15.0. The fraction of sp³-hybridized carbons (Fsp3) is 0.429. The van der Waals surface area contributed by atoms with Gasteiger partial charge in [-0.2, -0.15) is 0 Å². The molecule has 1 heterocycles. The Hall–Kier alpha value is -1.49. The second-order valence-corrected chi connectivity index (χ2v) is 8.23. The quantitative estimate of drug-likeness (QED) is 0.816. The molecule has 3 rings (SSSR count). The molecule has 0 atom stereocenters. The molecular weight excluding hydrogens is 328 g/mol. The predicted molar refractivity (Wildman–Crippen MR) is 107 cm³/mol. The van der Waals surface area contributed by atoms with Gasteiger partial charge in [0.05, 0.1) is 7.11 Å². The van der Waals surface area contributed by atoms with Crippen LogP contribution in [0.3, 0.4) is 0 Å². The highest BCUT2D eigenvalue weighted by Crippen LogP contribution is 2.37. The van der Waals surface area contributed by atoms with Crippen molar-refractivity contribution in [1.82, 2.24) is 4.90 Å². The molecule has 0 saturated carbocycles. The van der Waals surface area contributed by atoms with Gasteiger partial charge in [0.15, 0.2) is 0 Å². The van der Waals surface area contributed by atoms with Gasteiger partial charge in [-0.15, -0.1) is 11.8 Å². The van der Waals surface area contributed by atoms with Gasteiger partial charge in [-0.05, 0) is 49.2 Å². The maximum absolute atomic E-state index is 6.19. The van der Waals surface area contributed by atoms with Gasteiger partial charge in [0.25, 0.3) is 0 Å². The highest BCUT2D eigenvalue weighted by Gasteiger charge is 2.33. The minimum atomic E-state index is 0.215. The third kappa shape index (κ3) is 5.00. The Labute approximate surface area is 155 Å². The number of piperidine rings is 1. The molecule has 0 unspecified atom stereocenters. The van der Waals surface area contributed by atoms with Gasteiger partial charge in [-0.1, -0.05) is 42.5 Å². The molecule has 0 bridgehead atoms. The third-order valence-electron chi connectivity index (χ3n) is 5.09. The molecule has 2 aromatic rings. The van der Waals surface area contributed by atoms with Crippen molar-refractivity contribution < 1.29 is 4.74 Å². The summed E-state index contributed by atoms with van der Waals surface area (Å²) in [6, 6.07) is 19.1. The van der Waals surface area contributed by atoms with Crippen molar-refractivity contribution >= 4 is 11.8 Å². The summed E-state index contributed by atoms with van der Waals surface area (Å²) in [6.07, 6.45) is 2.33. The number of hydrogen-bond donors (Lipinski definition) is 1. The Morgan fingerprint density at radius 1 is 1.00 bits per heavy atom. The first-order valence-corrected chi connectivity index (χ1v) is 9.95. The molecule has 0 spiro atoms. The molecule has 1 saturated heterocycles. The van der Waals surface area contributed by atoms with Crippen LogP contribution in [0, 0.1) is 0 Å². The van der Waals surface area contributed by atoms with Crippen LogP contribution >= 0.6 is 11.8 Å². The highest BCUT2D eigenvalue weighted by molar-refractivity contribution is 7.99. The lowest BCUT2D eigenvalue weighted by Crippen LogP contribution is -2.46. The van der Waals surface area contributed by atoms with Gasteiger partial charge in [-0.25, -0.2) is 0 Å². The molecule has 2 aromatic carbocycles. The van der Waals surface area contributed by atoms with E-state index in [4.69, 9.17) is 10.5 Å². The average molecular weight is 357 g/mol. The molecule has 2 N–H and O–H groups in total. The largest absolute Gasteiger partial charge is 0.497 e. The second-order valence-electron chi connectivity index (χ2n) is 6.79. The van der Waals surface area contributed by atoms with Crippen LogP contribution in [0.25, 0.3) is 0 Å². The maximum Gasteiger partial charge on any atom is 0.118 e. The summed E-state index contributed by atoms with van der Waals surface area (Å²) in [4.78, 5) is 2.55. The van der Waals surface area contributed by atoms with Crippen LogP contribution in [0.15, 0.2) is 54.6 Å². The van der Waals surface area contributed by atoms with Crippen LogP contribution in [-0.2, 0) is 12.3 Å². The lowest BCUT2D eigenvalue weighted by atomic mass is 9.95. The van der Waals surface area contributed by atoms with Gasteiger partial charge in [0.2, 0.25) is 0 Å². The van der Waals surface area contributed by atoms with Crippen molar-refractivity contribution in [3.8, 4) is 5.75 Å². The molecular formula is C21H28N2OS. The monoisotopic (exact) mass is 356 g/mol. The molecule has 4 heteroatoms. The summed E-state index contributed by atoms with van der Waals surface area (Å²) in [5, 5.41) is 0. The number of ether oxygens (including phenoxy) is 1. The molecule has 1 aliphatic heterocycles. The fourth-order valence-electron chi connectivity index (χ4n) is 3.33. The summed E-state index contributed by atoms with van der Waals surface area (Å²) in [7, 11) is 1.70. The zero-order valence-corrected chi connectivity index (χ0v) is 15.8. The number of likely N-dealkylation sites (tertiary alicyclic amines) is 1. The van der Waals surface area contributed by atoms with E-state index in [1.807, 2.05) is 23.9 Å². The molecule has 3 nitrogen and oxygen atoms in total. The first-order chi connectivity index (χ1) is 12.2. The van der Waals surface area contributed by atoms with E-state index in [1.165, 1.54) is 11.1 Å². The minimum absolute atomic E-state index is 0.215. The van der Waals surface area contributed by atoms with E-state index in [1.54, 1.807) is 7.11 Å². The molecule has 1 aliphatic rings. The Morgan fingerprint density at radius 2 is 1.68 bits per heavy atom. The van der Waals surface area contributed by atoms with Gasteiger partial charge >= 0.3 is 0 Å². The number of rotatable bonds is 7. The molecule has 0 amide bonds. The van der Waals surface area contributed by atoms with Crippen molar-refractivity contribution in [3.63, 3.8) is 0 Å². The fourth-order valence-corrected chi connectivity index (χ4v) is 4.58. The van der Waals surface area contributed by atoms with E-state index < -0.39 is 0 Å². The minimum Gasteiger partial charge on any atom is -0.497 e. The molecule has 134 valence electrons. The van der Waals surface area contributed by atoms with Gasteiger partial charge < -0.3 is 10.5 Å². The standard InChI is InChI=1S/C21H28N2OS/c1-24-20-9-7-19(8-10-20)16-25-21(17-22)11-13-23(14-12-21)15-18-5-3-2-4-6-18/h2-10H,11-17,22H2,1H3. The molecule has 0 radical (unpaired) electrons. The van der Waals surface area contributed by atoms with E-state index in [0.29, 0.717) is 0 Å². The summed E-state index contributed by atoms with van der Waals surface area (Å²) >= 11 is 2.03. The predicted octanol–water partition coefficient (Wildman–Crippen LogP) is 3.92. The summed E-state index contributed by atoms with van der Waals surface area (Å²) in [5.74, 6) is 1.93. The molecule has 1 fully saturated rings. The lowest BCUT2D eigenvalue weighted by Gasteiger charge is -2.41. The summed E-state index contributed by atoms with van der Waals surface area (Å²) < 4.78 is 5.45. The van der Waals surface area contributed by atoms with E-state index >= 15 is 0 Å². The van der Waals surface area contributed by atoms with E-state index in [-0.39, 0.29) is 4.75 Å². The van der Waals surface area contributed by atoms with Crippen molar-refractivity contribution in [2.24, 2.45) is 5.73 Å². The molecule has 25 heavy (non-hydrogen) atoms. The lowest BCUT2D eigenvalue weighted by molar-refractivity contribution is 0.195. The Balaban J connectivity index is 1.52. The van der Waals surface area contributed by atoms with Gasteiger partial charge in [0.1, 0.15) is 5.75 Å².